The molecule has 1 amide bonds. The number of ether oxygens (including phenoxy) is 2. The Morgan fingerprint density at radius 1 is 1.47 bits per heavy atom. The molecule has 0 aromatic carbocycles. The first-order valence-corrected chi connectivity index (χ1v) is 6.20. The molecule has 5 heteroatoms. The third-order valence-corrected chi connectivity index (χ3v) is 3.88. The molecule has 1 heterocycles. The number of hydrogen-bond donors (Lipinski definition) is 2. The zero-order chi connectivity index (χ0) is 12.4. The van der Waals surface area contributed by atoms with Gasteiger partial charge in [-0.3, -0.25) is 4.79 Å². The standard InChI is InChI=1S/C12H21NO4/c1-16-12(3-2-4-12)7-10(14)13-8-11(15)5-6-17-9-11/h15H,2-9H2,1H3,(H,13,14). The smallest absolute Gasteiger partial charge is 0.223 e. The number of carbonyl (C=O) groups is 1. The zero-order valence-electron chi connectivity index (χ0n) is 10.3. The van der Waals surface area contributed by atoms with E-state index in [4.69, 9.17) is 9.47 Å². The molecule has 98 valence electrons. The van der Waals surface area contributed by atoms with Crippen molar-refractivity contribution in [1.82, 2.24) is 5.32 Å². The molecule has 0 aromatic rings. The van der Waals surface area contributed by atoms with Crippen LogP contribution in [0.15, 0.2) is 0 Å². The molecule has 1 atom stereocenters. The minimum atomic E-state index is -0.879. The first-order valence-electron chi connectivity index (χ1n) is 6.20. The van der Waals surface area contributed by atoms with Crippen molar-refractivity contribution in [3.63, 3.8) is 0 Å². The molecule has 2 N–H and O–H groups in total. The van der Waals surface area contributed by atoms with Crippen molar-refractivity contribution in [3.8, 4) is 0 Å². The van der Waals surface area contributed by atoms with Crippen LogP contribution in [-0.2, 0) is 14.3 Å². The second-order valence-electron chi connectivity index (χ2n) is 5.22. The fourth-order valence-corrected chi connectivity index (χ4v) is 2.38. The van der Waals surface area contributed by atoms with E-state index in [2.05, 4.69) is 5.32 Å². The Hall–Kier alpha value is -0.650. The fourth-order valence-electron chi connectivity index (χ4n) is 2.38. The highest BCUT2D eigenvalue weighted by Gasteiger charge is 2.39. The van der Waals surface area contributed by atoms with Gasteiger partial charge in [0, 0.05) is 26.7 Å². The van der Waals surface area contributed by atoms with Crippen LogP contribution in [0.3, 0.4) is 0 Å². The Balaban J connectivity index is 1.74. The third-order valence-electron chi connectivity index (χ3n) is 3.88. The molecule has 0 bridgehead atoms. The van der Waals surface area contributed by atoms with Gasteiger partial charge in [0.1, 0.15) is 5.60 Å². The van der Waals surface area contributed by atoms with E-state index in [0.717, 1.165) is 19.3 Å². The van der Waals surface area contributed by atoms with E-state index in [-0.39, 0.29) is 18.1 Å². The van der Waals surface area contributed by atoms with Gasteiger partial charge in [-0.2, -0.15) is 0 Å². The van der Waals surface area contributed by atoms with E-state index in [1.54, 1.807) is 7.11 Å². The van der Waals surface area contributed by atoms with E-state index >= 15 is 0 Å². The second-order valence-corrected chi connectivity index (χ2v) is 5.22. The number of aliphatic hydroxyl groups is 1. The van der Waals surface area contributed by atoms with Crippen molar-refractivity contribution < 1.29 is 19.4 Å². The summed E-state index contributed by atoms with van der Waals surface area (Å²) < 4.78 is 10.5. The summed E-state index contributed by atoms with van der Waals surface area (Å²) >= 11 is 0. The van der Waals surface area contributed by atoms with Crippen LogP contribution in [0.1, 0.15) is 32.1 Å². The molecule has 1 unspecified atom stereocenters. The maximum absolute atomic E-state index is 11.8. The van der Waals surface area contributed by atoms with Gasteiger partial charge >= 0.3 is 0 Å². The lowest BCUT2D eigenvalue weighted by atomic mass is 9.77. The Morgan fingerprint density at radius 3 is 2.71 bits per heavy atom. The molecule has 0 radical (unpaired) electrons. The lowest BCUT2D eigenvalue weighted by molar-refractivity contribution is -0.135. The van der Waals surface area contributed by atoms with Crippen molar-refractivity contribution in [2.45, 2.75) is 43.3 Å². The van der Waals surface area contributed by atoms with E-state index in [9.17, 15) is 9.90 Å². The van der Waals surface area contributed by atoms with Crippen LogP contribution in [0, 0.1) is 0 Å². The Morgan fingerprint density at radius 2 is 2.24 bits per heavy atom. The topological polar surface area (TPSA) is 67.8 Å². The molecule has 17 heavy (non-hydrogen) atoms. The van der Waals surface area contributed by atoms with Crippen LogP contribution in [0.25, 0.3) is 0 Å². The molecule has 0 aromatic heterocycles. The van der Waals surface area contributed by atoms with Crippen LogP contribution in [0.2, 0.25) is 0 Å². The van der Waals surface area contributed by atoms with Gasteiger partial charge in [0.05, 0.1) is 18.6 Å². The highest BCUT2D eigenvalue weighted by atomic mass is 16.5. The van der Waals surface area contributed by atoms with Gasteiger partial charge in [-0.15, -0.1) is 0 Å². The van der Waals surface area contributed by atoms with Crippen LogP contribution in [0.4, 0.5) is 0 Å². The summed E-state index contributed by atoms with van der Waals surface area (Å²) in [6.45, 7) is 1.14. The highest BCUT2D eigenvalue weighted by Crippen LogP contribution is 2.37. The van der Waals surface area contributed by atoms with Crippen LogP contribution in [-0.4, -0.2) is 49.1 Å². The van der Waals surface area contributed by atoms with Gasteiger partial charge in [0.2, 0.25) is 5.91 Å². The van der Waals surface area contributed by atoms with Crippen LogP contribution >= 0.6 is 0 Å². The molecular formula is C12H21NO4. The lowest BCUT2D eigenvalue weighted by Gasteiger charge is -2.40. The number of hydrogen-bond acceptors (Lipinski definition) is 4. The fraction of sp³-hybridized carbons (Fsp3) is 0.917. The Labute approximate surface area is 101 Å². The molecular weight excluding hydrogens is 222 g/mol. The first kappa shape index (κ1) is 12.8. The van der Waals surface area contributed by atoms with E-state index in [0.29, 0.717) is 26.1 Å². The average molecular weight is 243 g/mol. The molecule has 1 aliphatic carbocycles. The van der Waals surface area contributed by atoms with E-state index < -0.39 is 5.60 Å². The van der Waals surface area contributed by atoms with Gasteiger partial charge in [-0.05, 0) is 19.3 Å². The second kappa shape index (κ2) is 4.92. The van der Waals surface area contributed by atoms with Crippen LogP contribution in [0.5, 0.6) is 0 Å². The van der Waals surface area contributed by atoms with Crippen molar-refractivity contribution in [2.24, 2.45) is 0 Å². The molecule has 5 nitrogen and oxygen atoms in total. The molecule has 1 saturated carbocycles. The van der Waals surface area contributed by atoms with Crippen molar-refractivity contribution in [1.29, 1.82) is 0 Å². The van der Waals surface area contributed by atoms with Crippen LogP contribution < -0.4 is 5.32 Å². The number of carbonyl (C=O) groups excluding carboxylic acids is 1. The molecule has 2 rings (SSSR count). The zero-order valence-corrected chi connectivity index (χ0v) is 10.3. The molecule has 0 spiro atoms. The molecule has 2 fully saturated rings. The molecule has 1 aliphatic heterocycles. The van der Waals surface area contributed by atoms with Crippen molar-refractivity contribution in [2.75, 3.05) is 26.9 Å². The summed E-state index contributed by atoms with van der Waals surface area (Å²) in [5.74, 6) is -0.0492. The Kier molecular flexibility index (Phi) is 3.70. The summed E-state index contributed by atoms with van der Waals surface area (Å²) in [7, 11) is 1.66. The number of rotatable bonds is 5. The van der Waals surface area contributed by atoms with Gasteiger partial charge in [0.15, 0.2) is 0 Å². The average Bonchev–Trinajstić information content (AvgIpc) is 2.69. The predicted molar refractivity (Wildman–Crippen MR) is 61.6 cm³/mol. The molecule has 2 aliphatic rings. The summed E-state index contributed by atoms with van der Waals surface area (Å²) in [6.07, 6.45) is 4.00. The van der Waals surface area contributed by atoms with Gasteiger partial charge in [-0.1, -0.05) is 0 Å². The minimum absolute atomic E-state index is 0.0492. The predicted octanol–water partition coefficient (Wildman–Crippen LogP) is 0.213. The summed E-state index contributed by atoms with van der Waals surface area (Å²) in [5.41, 5.74) is -1.13. The molecule has 1 saturated heterocycles. The van der Waals surface area contributed by atoms with E-state index in [1.807, 2.05) is 0 Å². The monoisotopic (exact) mass is 243 g/mol. The van der Waals surface area contributed by atoms with Gasteiger partial charge < -0.3 is 19.9 Å². The normalized spacial score (nSPS) is 30.9. The maximum Gasteiger partial charge on any atom is 0.223 e. The van der Waals surface area contributed by atoms with Gasteiger partial charge in [-0.25, -0.2) is 0 Å². The summed E-state index contributed by atoms with van der Waals surface area (Å²) in [5, 5.41) is 12.8. The van der Waals surface area contributed by atoms with Crippen molar-refractivity contribution in [3.05, 3.63) is 0 Å². The highest BCUT2D eigenvalue weighted by molar-refractivity contribution is 5.77. The summed E-state index contributed by atoms with van der Waals surface area (Å²) in [6, 6.07) is 0. The third kappa shape index (κ3) is 2.97. The van der Waals surface area contributed by atoms with E-state index in [1.165, 1.54) is 0 Å². The SMILES string of the molecule is COC1(CC(=O)NCC2(O)CCOC2)CCC1. The largest absolute Gasteiger partial charge is 0.386 e. The summed E-state index contributed by atoms with van der Waals surface area (Å²) in [4.78, 5) is 11.8. The quantitative estimate of drug-likeness (QED) is 0.724. The van der Waals surface area contributed by atoms with Gasteiger partial charge in [0.25, 0.3) is 0 Å². The maximum atomic E-state index is 11.8. The minimum Gasteiger partial charge on any atom is -0.386 e. The number of methoxy groups -OCH3 is 1. The number of nitrogens with one attached hydrogen (secondary N) is 1. The lowest BCUT2D eigenvalue weighted by Crippen LogP contribution is -2.48. The van der Waals surface area contributed by atoms with Crippen molar-refractivity contribution >= 4 is 5.91 Å². The number of amides is 1. The first-order chi connectivity index (χ1) is 8.08. The Bertz CT molecular complexity index is 277.